The third-order valence-electron chi connectivity index (χ3n) is 7.82. The first-order chi connectivity index (χ1) is 19.1. The Hall–Kier alpha value is -4.18. The number of hydrogen-bond acceptors (Lipinski definition) is 4. The van der Waals surface area contributed by atoms with E-state index in [0.29, 0.717) is 25.0 Å². The molecule has 4 nitrogen and oxygen atoms in total. The summed E-state index contributed by atoms with van der Waals surface area (Å²) in [7, 11) is 0. The smallest absolute Gasteiger partial charge is 0.199 e. The van der Waals surface area contributed by atoms with Crippen molar-refractivity contribution in [1.29, 1.82) is 0 Å². The molecule has 2 aliphatic rings. The van der Waals surface area contributed by atoms with Crippen LogP contribution in [0, 0.1) is 5.41 Å². The van der Waals surface area contributed by atoms with Gasteiger partial charge in [-0.25, -0.2) is 9.98 Å². The van der Waals surface area contributed by atoms with Crippen molar-refractivity contribution in [3.05, 3.63) is 144 Å². The van der Waals surface area contributed by atoms with Crippen LogP contribution < -0.4 is 0 Å². The van der Waals surface area contributed by atoms with Crippen LogP contribution in [0.4, 0.5) is 0 Å². The summed E-state index contributed by atoms with van der Waals surface area (Å²) in [5, 5.41) is 0. The molecule has 2 aliphatic heterocycles. The maximum absolute atomic E-state index is 6.32. The molecule has 0 saturated carbocycles. The molecule has 4 aromatic rings. The summed E-state index contributed by atoms with van der Waals surface area (Å²) in [6.45, 7) is 5.27. The maximum atomic E-state index is 6.32. The van der Waals surface area contributed by atoms with Crippen LogP contribution in [0.5, 0.6) is 0 Å². The fourth-order valence-corrected chi connectivity index (χ4v) is 5.81. The van der Waals surface area contributed by atoms with E-state index in [1.165, 1.54) is 22.3 Å². The van der Waals surface area contributed by atoms with E-state index in [4.69, 9.17) is 19.5 Å². The van der Waals surface area contributed by atoms with Crippen molar-refractivity contribution in [1.82, 2.24) is 0 Å². The number of aliphatic imine (C=N–C) groups is 2. The second-order valence-corrected chi connectivity index (χ2v) is 10.8. The molecular formula is C35H34N2O2. The Kier molecular flexibility index (Phi) is 7.02. The Morgan fingerprint density at radius 1 is 0.513 bits per heavy atom. The van der Waals surface area contributed by atoms with Crippen molar-refractivity contribution >= 4 is 11.8 Å². The van der Waals surface area contributed by atoms with Crippen molar-refractivity contribution in [2.75, 3.05) is 13.2 Å². The molecule has 196 valence electrons. The fraction of sp³-hybridized carbons (Fsp3) is 0.257. The van der Waals surface area contributed by atoms with Crippen molar-refractivity contribution < 1.29 is 9.47 Å². The third-order valence-corrected chi connectivity index (χ3v) is 7.82. The lowest BCUT2D eigenvalue weighted by Gasteiger charge is -2.23. The molecule has 6 rings (SSSR count). The second kappa shape index (κ2) is 10.9. The summed E-state index contributed by atoms with van der Waals surface area (Å²) in [4.78, 5) is 10.4. The van der Waals surface area contributed by atoms with Gasteiger partial charge in [0.25, 0.3) is 0 Å². The number of rotatable bonds is 8. The Morgan fingerprint density at radius 2 is 0.795 bits per heavy atom. The number of hydrogen-bond donors (Lipinski definition) is 0. The highest BCUT2D eigenvalue weighted by molar-refractivity contribution is 6.05. The van der Waals surface area contributed by atoms with Gasteiger partial charge in [0.15, 0.2) is 11.8 Å². The quantitative estimate of drug-likeness (QED) is 0.248. The number of benzene rings is 4. The van der Waals surface area contributed by atoms with Gasteiger partial charge in [0, 0.05) is 11.8 Å². The predicted molar refractivity (Wildman–Crippen MR) is 158 cm³/mol. The molecule has 39 heavy (non-hydrogen) atoms. The molecule has 2 heterocycles. The molecule has 2 atom stereocenters. The van der Waals surface area contributed by atoms with Crippen LogP contribution in [0.15, 0.2) is 131 Å². The van der Waals surface area contributed by atoms with Crippen LogP contribution in [-0.2, 0) is 9.47 Å². The van der Waals surface area contributed by atoms with Crippen LogP contribution in [0.25, 0.3) is 0 Å². The van der Waals surface area contributed by atoms with Gasteiger partial charge >= 0.3 is 0 Å². The van der Waals surface area contributed by atoms with Gasteiger partial charge in [-0.3, -0.25) is 0 Å². The van der Waals surface area contributed by atoms with Gasteiger partial charge in [0.2, 0.25) is 0 Å². The first kappa shape index (κ1) is 25.1. The summed E-state index contributed by atoms with van der Waals surface area (Å²) in [5.74, 6) is 1.61. The molecule has 0 bridgehead atoms. The molecule has 0 fully saturated rings. The third kappa shape index (κ3) is 5.12. The lowest BCUT2D eigenvalue weighted by molar-refractivity contribution is 0.259. The topological polar surface area (TPSA) is 43.2 Å². The molecule has 0 radical (unpaired) electrons. The zero-order valence-electron chi connectivity index (χ0n) is 22.5. The molecule has 4 aromatic carbocycles. The van der Waals surface area contributed by atoms with Crippen LogP contribution in [-0.4, -0.2) is 37.1 Å². The van der Waals surface area contributed by atoms with E-state index >= 15 is 0 Å². The largest absolute Gasteiger partial charge is 0.478 e. The lowest BCUT2D eigenvalue weighted by Crippen LogP contribution is -2.34. The maximum Gasteiger partial charge on any atom is 0.199 e. The van der Waals surface area contributed by atoms with Crippen molar-refractivity contribution in [2.24, 2.45) is 15.4 Å². The van der Waals surface area contributed by atoms with Crippen LogP contribution in [0.2, 0.25) is 0 Å². The van der Waals surface area contributed by atoms with Gasteiger partial charge in [0.05, 0.1) is 12.1 Å². The molecule has 0 unspecified atom stereocenters. The minimum Gasteiger partial charge on any atom is -0.478 e. The van der Waals surface area contributed by atoms with E-state index in [-0.39, 0.29) is 23.9 Å². The normalized spacial score (nSPS) is 19.0. The number of ether oxygens (including phenoxy) is 2. The van der Waals surface area contributed by atoms with Crippen LogP contribution >= 0.6 is 0 Å². The summed E-state index contributed by atoms with van der Waals surface area (Å²) in [6, 6.07) is 42.3. The highest BCUT2D eigenvalue weighted by atomic mass is 16.5. The number of nitrogens with zero attached hydrogens (tertiary/aromatic N) is 2. The van der Waals surface area contributed by atoms with Gasteiger partial charge in [0.1, 0.15) is 18.6 Å². The zero-order valence-corrected chi connectivity index (χ0v) is 22.5. The molecule has 0 spiro atoms. The lowest BCUT2D eigenvalue weighted by atomic mass is 9.85. The Labute approximate surface area is 231 Å². The van der Waals surface area contributed by atoms with Gasteiger partial charge in [-0.15, -0.1) is 0 Å². The Morgan fingerprint density at radius 3 is 1.08 bits per heavy atom. The van der Waals surface area contributed by atoms with E-state index in [1.54, 1.807) is 0 Å². The average molecular weight is 515 g/mol. The van der Waals surface area contributed by atoms with Crippen molar-refractivity contribution in [2.45, 2.75) is 37.8 Å². The minimum absolute atomic E-state index is 0.0248. The second-order valence-electron chi connectivity index (χ2n) is 10.8. The van der Waals surface area contributed by atoms with Crippen molar-refractivity contribution in [3.63, 3.8) is 0 Å². The van der Waals surface area contributed by atoms with Gasteiger partial charge in [-0.1, -0.05) is 121 Å². The van der Waals surface area contributed by atoms with E-state index in [0.717, 1.165) is 0 Å². The molecule has 0 aromatic heterocycles. The summed E-state index contributed by atoms with van der Waals surface area (Å²) in [6.07, 6.45) is 0. The molecule has 0 N–H and O–H groups in total. The molecular weight excluding hydrogens is 480 g/mol. The Balaban J connectivity index is 1.30. The summed E-state index contributed by atoms with van der Waals surface area (Å²) >= 11 is 0. The average Bonchev–Trinajstić information content (AvgIpc) is 3.68. The standard InChI is InChI=1S/C35H34N2O2/c1-35(2,33-36-29(23-38-33)31(25-15-7-3-8-16-25)26-17-9-4-10-18-26)34-37-30(24-39-34)32(27-19-11-5-12-20-27)28-21-13-6-14-22-28/h3-22,29-32H,23-24H2,1-2H3/t29-,30-/m1/s1. The first-order valence-corrected chi connectivity index (χ1v) is 13.7. The molecule has 4 heteroatoms. The molecule has 0 aliphatic carbocycles. The first-order valence-electron chi connectivity index (χ1n) is 13.7. The monoisotopic (exact) mass is 514 g/mol. The fourth-order valence-electron chi connectivity index (χ4n) is 5.81. The zero-order chi connectivity index (χ0) is 26.7. The van der Waals surface area contributed by atoms with Gasteiger partial charge < -0.3 is 9.47 Å². The van der Waals surface area contributed by atoms with E-state index in [2.05, 4.69) is 135 Å². The van der Waals surface area contributed by atoms with Crippen LogP contribution in [0.1, 0.15) is 47.9 Å². The van der Waals surface area contributed by atoms with Gasteiger partial charge in [-0.05, 0) is 36.1 Å². The molecule has 0 saturated heterocycles. The van der Waals surface area contributed by atoms with Crippen molar-refractivity contribution in [3.8, 4) is 0 Å². The summed E-state index contributed by atoms with van der Waals surface area (Å²) < 4.78 is 12.6. The van der Waals surface area contributed by atoms with E-state index < -0.39 is 5.41 Å². The highest BCUT2D eigenvalue weighted by Gasteiger charge is 2.44. The van der Waals surface area contributed by atoms with E-state index in [9.17, 15) is 0 Å². The molecule has 0 amide bonds. The Bertz CT molecular complexity index is 1240. The predicted octanol–water partition coefficient (Wildman–Crippen LogP) is 7.27. The van der Waals surface area contributed by atoms with Crippen LogP contribution in [0.3, 0.4) is 0 Å². The highest BCUT2D eigenvalue weighted by Crippen LogP contribution is 2.38. The summed E-state index contributed by atoms with van der Waals surface area (Å²) in [5.41, 5.74) is 4.39. The minimum atomic E-state index is -0.570. The SMILES string of the molecule is CC(C)(C1=N[C@@H](C(c2ccccc2)c2ccccc2)CO1)C1=N[C@@H](C(c2ccccc2)c2ccccc2)CO1. The van der Waals surface area contributed by atoms with E-state index in [1.807, 2.05) is 0 Å². The van der Waals surface area contributed by atoms with Gasteiger partial charge in [-0.2, -0.15) is 0 Å².